The molecule has 2 saturated carbocycles. The highest BCUT2D eigenvalue weighted by Gasteiger charge is 2.57. The smallest absolute Gasteiger partial charge is 0.0437 e. The van der Waals surface area contributed by atoms with Gasteiger partial charge in [-0.1, -0.05) is 75.5 Å². The van der Waals surface area contributed by atoms with Crippen LogP contribution in [0.2, 0.25) is 0 Å². The second-order valence-electron chi connectivity index (χ2n) is 10.00. The van der Waals surface area contributed by atoms with E-state index >= 15 is 0 Å². The lowest BCUT2D eigenvalue weighted by atomic mass is 9.48. The SMILES string of the molecule is C=C1CC(C2CCC(=C)C2(CC)C(=C)C)C2C#CC2C1(C)CC(=C=CC)CCC. The predicted molar refractivity (Wildman–Crippen MR) is 126 cm³/mol. The highest BCUT2D eigenvalue weighted by molar-refractivity contribution is 5.39. The van der Waals surface area contributed by atoms with Gasteiger partial charge in [0.2, 0.25) is 0 Å². The Hall–Kier alpha value is -1.70. The molecule has 0 saturated heterocycles. The van der Waals surface area contributed by atoms with Crippen LogP contribution in [0.4, 0.5) is 0 Å². The highest BCUT2D eigenvalue weighted by Crippen LogP contribution is 2.64. The maximum absolute atomic E-state index is 4.65. The van der Waals surface area contributed by atoms with Crippen LogP contribution in [-0.4, -0.2) is 0 Å². The molecule has 0 heteroatoms. The van der Waals surface area contributed by atoms with Crippen molar-refractivity contribution in [2.45, 2.75) is 79.6 Å². The second kappa shape index (κ2) is 8.20. The first kappa shape index (κ1) is 22.0. The van der Waals surface area contributed by atoms with Crippen LogP contribution in [-0.2, 0) is 0 Å². The van der Waals surface area contributed by atoms with Crippen molar-refractivity contribution in [3.8, 4) is 11.8 Å². The average Bonchev–Trinajstić information content (AvgIpc) is 2.96. The van der Waals surface area contributed by atoms with Crippen molar-refractivity contribution >= 4 is 0 Å². The van der Waals surface area contributed by atoms with E-state index in [9.17, 15) is 0 Å². The van der Waals surface area contributed by atoms with Gasteiger partial charge in [-0.15, -0.1) is 5.73 Å². The Morgan fingerprint density at radius 3 is 2.48 bits per heavy atom. The molecule has 6 unspecified atom stereocenters. The lowest BCUT2D eigenvalue weighted by Gasteiger charge is -2.54. The lowest BCUT2D eigenvalue weighted by molar-refractivity contribution is 0.0613. The van der Waals surface area contributed by atoms with Crippen molar-refractivity contribution in [2.24, 2.45) is 34.5 Å². The molecule has 156 valence electrons. The predicted octanol–water partition coefficient (Wildman–Crippen LogP) is 8.05. The van der Waals surface area contributed by atoms with E-state index in [2.05, 4.69) is 78.0 Å². The van der Waals surface area contributed by atoms with E-state index in [-0.39, 0.29) is 10.8 Å². The fourth-order valence-electron chi connectivity index (χ4n) is 6.90. The molecule has 0 aromatic heterocycles. The first-order valence-electron chi connectivity index (χ1n) is 11.7. The van der Waals surface area contributed by atoms with Crippen molar-refractivity contribution in [1.82, 2.24) is 0 Å². The first-order chi connectivity index (χ1) is 13.8. The summed E-state index contributed by atoms with van der Waals surface area (Å²) in [5.74, 6) is 9.35. The van der Waals surface area contributed by atoms with E-state index in [1.165, 1.54) is 35.1 Å². The summed E-state index contributed by atoms with van der Waals surface area (Å²) in [6.45, 7) is 24.9. The normalized spacial score (nSPS) is 37.7. The summed E-state index contributed by atoms with van der Waals surface area (Å²) in [6, 6.07) is 0. The van der Waals surface area contributed by atoms with Crippen LogP contribution in [0, 0.1) is 46.3 Å². The second-order valence-corrected chi connectivity index (χ2v) is 10.00. The van der Waals surface area contributed by atoms with E-state index in [0.717, 1.165) is 32.1 Å². The minimum absolute atomic E-state index is 0.0840. The number of rotatable bonds is 7. The molecular formula is C29H40. The largest absolute Gasteiger partial charge is 0.126 e. The van der Waals surface area contributed by atoms with Gasteiger partial charge in [-0.3, -0.25) is 0 Å². The first-order valence-corrected chi connectivity index (χ1v) is 11.7. The van der Waals surface area contributed by atoms with Gasteiger partial charge in [0.05, 0.1) is 0 Å². The van der Waals surface area contributed by atoms with Gasteiger partial charge in [-0.25, -0.2) is 0 Å². The van der Waals surface area contributed by atoms with Gasteiger partial charge < -0.3 is 0 Å². The molecule has 3 aliphatic carbocycles. The van der Waals surface area contributed by atoms with E-state index in [0.29, 0.717) is 23.7 Å². The monoisotopic (exact) mass is 388 g/mol. The zero-order valence-corrected chi connectivity index (χ0v) is 19.5. The van der Waals surface area contributed by atoms with Crippen LogP contribution >= 0.6 is 0 Å². The molecule has 0 nitrogen and oxygen atoms in total. The van der Waals surface area contributed by atoms with Gasteiger partial charge in [0.25, 0.3) is 0 Å². The molecule has 0 aliphatic heterocycles. The molecule has 2 fully saturated rings. The van der Waals surface area contributed by atoms with Crippen molar-refractivity contribution in [3.05, 3.63) is 53.8 Å². The summed E-state index contributed by atoms with van der Waals surface area (Å²) in [5, 5.41) is 0. The lowest BCUT2D eigenvalue weighted by Crippen LogP contribution is -2.49. The highest BCUT2D eigenvalue weighted by atomic mass is 14.6. The Balaban J connectivity index is 1.92. The molecule has 0 spiro atoms. The number of hydrogen-bond acceptors (Lipinski definition) is 0. The van der Waals surface area contributed by atoms with Gasteiger partial charge in [-0.05, 0) is 75.9 Å². The number of fused-ring (bicyclic) bond motifs is 1. The van der Waals surface area contributed by atoms with Gasteiger partial charge >= 0.3 is 0 Å². The number of hydrogen-bond donors (Lipinski definition) is 0. The van der Waals surface area contributed by atoms with Crippen molar-refractivity contribution in [3.63, 3.8) is 0 Å². The average molecular weight is 389 g/mol. The third-order valence-corrected chi connectivity index (χ3v) is 8.54. The van der Waals surface area contributed by atoms with Gasteiger partial charge in [-0.2, -0.15) is 0 Å². The molecule has 6 atom stereocenters. The van der Waals surface area contributed by atoms with Crippen molar-refractivity contribution in [2.75, 3.05) is 0 Å². The van der Waals surface area contributed by atoms with Crippen LogP contribution in [0.1, 0.15) is 79.6 Å². The zero-order valence-electron chi connectivity index (χ0n) is 19.5. The summed E-state index contributed by atoms with van der Waals surface area (Å²) in [5.41, 5.74) is 9.26. The van der Waals surface area contributed by atoms with E-state index in [4.69, 9.17) is 0 Å². The minimum atomic E-state index is 0.0840. The Morgan fingerprint density at radius 1 is 1.24 bits per heavy atom. The van der Waals surface area contributed by atoms with Crippen LogP contribution in [0.5, 0.6) is 0 Å². The molecular weight excluding hydrogens is 348 g/mol. The quantitative estimate of drug-likeness (QED) is 0.235. The molecule has 0 amide bonds. The zero-order chi connectivity index (χ0) is 21.4. The van der Waals surface area contributed by atoms with Crippen molar-refractivity contribution in [1.29, 1.82) is 0 Å². The summed E-state index contributed by atoms with van der Waals surface area (Å²) in [4.78, 5) is 0. The fraction of sp³-hybridized carbons (Fsp3) is 0.621. The Labute approximate surface area is 179 Å². The van der Waals surface area contributed by atoms with E-state index in [1.807, 2.05) is 0 Å². The summed E-state index contributed by atoms with van der Waals surface area (Å²) >= 11 is 0. The van der Waals surface area contributed by atoms with Gasteiger partial charge in [0.15, 0.2) is 0 Å². The van der Waals surface area contributed by atoms with Gasteiger partial charge in [0.1, 0.15) is 0 Å². The van der Waals surface area contributed by atoms with Crippen LogP contribution in [0.25, 0.3) is 0 Å². The molecule has 29 heavy (non-hydrogen) atoms. The summed E-state index contributed by atoms with van der Waals surface area (Å²) in [7, 11) is 0. The van der Waals surface area contributed by atoms with E-state index < -0.39 is 0 Å². The van der Waals surface area contributed by atoms with Crippen LogP contribution < -0.4 is 0 Å². The Bertz CT molecular complexity index is 833. The molecule has 0 radical (unpaired) electrons. The fourth-order valence-corrected chi connectivity index (χ4v) is 6.90. The Morgan fingerprint density at radius 2 is 1.97 bits per heavy atom. The molecule has 0 aromatic rings. The Kier molecular flexibility index (Phi) is 6.22. The topological polar surface area (TPSA) is 0 Å². The molecule has 0 N–H and O–H groups in total. The maximum atomic E-state index is 4.65. The molecule has 3 rings (SSSR count). The standard InChI is InChI=1S/C29H40/c1-9-12-23(13-10-2)19-28(8)22(7)18-25(24-15-17-26(24)28)27-16-14-21(6)29(27,11-3)20(4)5/h9,24-27H,4,6-7,10-11,13-14,16,18-19H2,1-3,5,8H3. The number of allylic oxidation sites excluding steroid dienone is 4. The van der Waals surface area contributed by atoms with E-state index in [1.54, 1.807) is 0 Å². The molecule has 3 aliphatic rings. The third kappa shape index (κ3) is 3.33. The molecule has 0 aromatic carbocycles. The van der Waals surface area contributed by atoms with Crippen LogP contribution in [0.3, 0.4) is 0 Å². The minimum Gasteiger partial charge on any atom is -0.126 e. The van der Waals surface area contributed by atoms with Crippen molar-refractivity contribution < 1.29 is 0 Å². The third-order valence-electron chi connectivity index (χ3n) is 8.54. The van der Waals surface area contributed by atoms with Gasteiger partial charge in [0, 0.05) is 22.7 Å². The maximum Gasteiger partial charge on any atom is 0.0437 e. The van der Waals surface area contributed by atoms with Crippen LogP contribution in [0.15, 0.2) is 53.8 Å². The summed E-state index contributed by atoms with van der Waals surface area (Å²) < 4.78 is 0. The molecule has 0 heterocycles. The summed E-state index contributed by atoms with van der Waals surface area (Å²) in [6.07, 6.45) is 10.0. The molecule has 0 bridgehead atoms.